The normalized spacial score (nSPS) is 9.71. The molecule has 2 heteroatoms. The van der Waals surface area contributed by atoms with Gasteiger partial charge in [0.05, 0.1) is 0 Å². The number of benzene rings is 1. The summed E-state index contributed by atoms with van der Waals surface area (Å²) in [6.45, 7) is 2.04. The van der Waals surface area contributed by atoms with Crippen molar-refractivity contribution in [1.29, 1.82) is 5.26 Å². The predicted octanol–water partition coefficient (Wildman–Crippen LogP) is 2.66. The van der Waals surface area contributed by atoms with Crippen LogP contribution in [0.3, 0.4) is 0 Å². The highest BCUT2D eigenvalue weighted by Gasteiger charge is 2.03. The SMILES string of the molecule is Cc1ccccc1-n1cccc1C#N. The van der Waals surface area contributed by atoms with Crippen LogP contribution in [0.5, 0.6) is 0 Å². The third kappa shape index (κ3) is 1.29. The van der Waals surface area contributed by atoms with E-state index in [0.29, 0.717) is 5.69 Å². The molecule has 0 aliphatic heterocycles. The van der Waals surface area contributed by atoms with Crippen molar-refractivity contribution in [3.63, 3.8) is 0 Å². The smallest absolute Gasteiger partial charge is 0.124 e. The van der Waals surface area contributed by atoms with Gasteiger partial charge < -0.3 is 4.57 Å². The van der Waals surface area contributed by atoms with Crippen molar-refractivity contribution in [1.82, 2.24) is 4.57 Å². The molecule has 14 heavy (non-hydrogen) atoms. The average molecular weight is 182 g/mol. The van der Waals surface area contributed by atoms with E-state index in [1.165, 1.54) is 5.56 Å². The third-order valence-electron chi connectivity index (χ3n) is 2.24. The van der Waals surface area contributed by atoms with Gasteiger partial charge in [-0.05, 0) is 30.7 Å². The first-order valence-electron chi connectivity index (χ1n) is 4.46. The summed E-state index contributed by atoms with van der Waals surface area (Å²) >= 11 is 0. The molecule has 2 nitrogen and oxygen atoms in total. The Labute approximate surface area is 83.0 Å². The molecular weight excluding hydrogens is 172 g/mol. The summed E-state index contributed by atoms with van der Waals surface area (Å²) in [5, 5.41) is 8.89. The molecule has 68 valence electrons. The van der Waals surface area contributed by atoms with Crippen LogP contribution in [-0.4, -0.2) is 4.57 Å². The Morgan fingerprint density at radius 3 is 2.64 bits per heavy atom. The van der Waals surface area contributed by atoms with Gasteiger partial charge in [0, 0.05) is 11.9 Å². The molecule has 0 saturated heterocycles. The van der Waals surface area contributed by atoms with E-state index in [4.69, 9.17) is 5.26 Å². The van der Waals surface area contributed by atoms with Crippen LogP contribution in [0.1, 0.15) is 11.3 Å². The number of para-hydroxylation sites is 1. The molecule has 0 atom stereocenters. The van der Waals surface area contributed by atoms with Gasteiger partial charge in [-0.25, -0.2) is 0 Å². The molecule has 0 saturated carbocycles. The van der Waals surface area contributed by atoms with E-state index >= 15 is 0 Å². The Bertz CT molecular complexity index is 489. The molecule has 2 aromatic rings. The predicted molar refractivity (Wildman–Crippen MR) is 55.2 cm³/mol. The molecule has 0 N–H and O–H groups in total. The van der Waals surface area contributed by atoms with Crippen molar-refractivity contribution < 1.29 is 0 Å². The van der Waals surface area contributed by atoms with E-state index in [0.717, 1.165) is 5.69 Å². The lowest BCUT2D eigenvalue weighted by molar-refractivity contribution is 1.04. The van der Waals surface area contributed by atoms with Gasteiger partial charge in [0.15, 0.2) is 0 Å². The Morgan fingerprint density at radius 1 is 1.14 bits per heavy atom. The van der Waals surface area contributed by atoms with E-state index in [2.05, 4.69) is 6.07 Å². The summed E-state index contributed by atoms with van der Waals surface area (Å²) in [4.78, 5) is 0. The fourth-order valence-corrected chi connectivity index (χ4v) is 1.52. The number of aryl methyl sites for hydroxylation is 1. The van der Waals surface area contributed by atoms with Crippen LogP contribution >= 0.6 is 0 Å². The lowest BCUT2D eigenvalue weighted by Gasteiger charge is -2.07. The molecule has 2 rings (SSSR count). The van der Waals surface area contributed by atoms with Gasteiger partial charge in [-0.3, -0.25) is 0 Å². The fourth-order valence-electron chi connectivity index (χ4n) is 1.52. The largest absolute Gasteiger partial charge is 0.308 e. The zero-order chi connectivity index (χ0) is 9.97. The molecule has 0 amide bonds. The Kier molecular flexibility index (Phi) is 2.08. The maximum Gasteiger partial charge on any atom is 0.124 e. The molecule has 0 aliphatic carbocycles. The maximum absolute atomic E-state index is 8.89. The molecule has 1 aromatic heterocycles. The van der Waals surface area contributed by atoms with Crippen molar-refractivity contribution in [2.24, 2.45) is 0 Å². The fraction of sp³-hybridized carbons (Fsp3) is 0.0833. The quantitative estimate of drug-likeness (QED) is 0.666. The molecule has 0 spiro atoms. The van der Waals surface area contributed by atoms with Gasteiger partial charge >= 0.3 is 0 Å². The Balaban J connectivity index is 2.62. The summed E-state index contributed by atoms with van der Waals surface area (Å²) in [5.74, 6) is 0. The third-order valence-corrected chi connectivity index (χ3v) is 2.24. The highest BCUT2D eigenvalue weighted by Crippen LogP contribution is 2.15. The van der Waals surface area contributed by atoms with Gasteiger partial charge in [-0.2, -0.15) is 5.26 Å². The monoisotopic (exact) mass is 182 g/mol. The first-order valence-corrected chi connectivity index (χ1v) is 4.46. The number of nitriles is 1. The Hall–Kier alpha value is -2.01. The van der Waals surface area contributed by atoms with Crippen molar-refractivity contribution in [2.45, 2.75) is 6.92 Å². The minimum absolute atomic E-state index is 0.666. The van der Waals surface area contributed by atoms with E-state index in [-0.39, 0.29) is 0 Å². The molecule has 1 heterocycles. The maximum atomic E-state index is 8.89. The van der Waals surface area contributed by atoms with Gasteiger partial charge in [-0.1, -0.05) is 18.2 Å². The van der Waals surface area contributed by atoms with E-state index in [9.17, 15) is 0 Å². The Morgan fingerprint density at radius 2 is 1.93 bits per heavy atom. The zero-order valence-electron chi connectivity index (χ0n) is 7.94. The molecule has 0 fully saturated rings. The first kappa shape index (κ1) is 8.58. The van der Waals surface area contributed by atoms with Crippen LogP contribution in [0.2, 0.25) is 0 Å². The molecule has 0 bridgehead atoms. The second-order valence-electron chi connectivity index (χ2n) is 3.16. The van der Waals surface area contributed by atoms with Crippen LogP contribution in [-0.2, 0) is 0 Å². The van der Waals surface area contributed by atoms with Crippen molar-refractivity contribution >= 4 is 0 Å². The summed E-state index contributed by atoms with van der Waals surface area (Å²) in [7, 11) is 0. The molecule has 0 radical (unpaired) electrons. The summed E-state index contributed by atoms with van der Waals surface area (Å²) in [5.41, 5.74) is 2.90. The number of nitrogens with zero attached hydrogens (tertiary/aromatic N) is 2. The molecule has 1 aromatic carbocycles. The topological polar surface area (TPSA) is 28.7 Å². The minimum atomic E-state index is 0.666. The molecule has 0 unspecified atom stereocenters. The first-order chi connectivity index (χ1) is 6.83. The second-order valence-corrected chi connectivity index (χ2v) is 3.16. The summed E-state index contributed by atoms with van der Waals surface area (Å²) in [6.07, 6.45) is 1.90. The lowest BCUT2D eigenvalue weighted by atomic mass is 10.2. The van der Waals surface area contributed by atoms with Gasteiger partial charge in [-0.15, -0.1) is 0 Å². The zero-order valence-corrected chi connectivity index (χ0v) is 7.94. The molecule has 0 aliphatic rings. The van der Waals surface area contributed by atoms with Gasteiger partial charge in [0.25, 0.3) is 0 Å². The van der Waals surface area contributed by atoms with Crippen molar-refractivity contribution in [3.05, 3.63) is 53.9 Å². The van der Waals surface area contributed by atoms with Crippen LogP contribution < -0.4 is 0 Å². The molecular formula is C12H10N2. The van der Waals surface area contributed by atoms with E-state index < -0.39 is 0 Å². The number of aromatic nitrogens is 1. The number of rotatable bonds is 1. The number of hydrogen-bond acceptors (Lipinski definition) is 1. The van der Waals surface area contributed by atoms with Gasteiger partial charge in [0.1, 0.15) is 11.8 Å². The summed E-state index contributed by atoms with van der Waals surface area (Å²) < 4.78 is 1.90. The average Bonchev–Trinajstić information content (AvgIpc) is 2.66. The van der Waals surface area contributed by atoms with Crippen molar-refractivity contribution in [2.75, 3.05) is 0 Å². The van der Waals surface area contributed by atoms with Gasteiger partial charge in [0.2, 0.25) is 0 Å². The number of hydrogen-bond donors (Lipinski definition) is 0. The summed E-state index contributed by atoms with van der Waals surface area (Å²) in [6, 6.07) is 13.9. The van der Waals surface area contributed by atoms with Crippen LogP contribution in [0.15, 0.2) is 42.6 Å². The highest BCUT2D eigenvalue weighted by molar-refractivity contribution is 5.44. The van der Waals surface area contributed by atoms with E-state index in [1.54, 1.807) is 0 Å². The second kappa shape index (κ2) is 3.39. The highest BCUT2D eigenvalue weighted by atomic mass is 15.0. The lowest BCUT2D eigenvalue weighted by Crippen LogP contribution is -1.97. The van der Waals surface area contributed by atoms with Crippen LogP contribution in [0.25, 0.3) is 5.69 Å². The van der Waals surface area contributed by atoms with Crippen LogP contribution in [0, 0.1) is 18.3 Å². The van der Waals surface area contributed by atoms with Crippen LogP contribution in [0.4, 0.5) is 0 Å². The van der Waals surface area contributed by atoms with Crippen molar-refractivity contribution in [3.8, 4) is 11.8 Å². The minimum Gasteiger partial charge on any atom is -0.308 e. The van der Waals surface area contributed by atoms with E-state index in [1.807, 2.05) is 54.1 Å². The standard InChI is InChI=1S/C12H10N2/c1-10-5-2-3-7-12(10)14-8-4-6-11(14)9-13/h2-8H,1H3.